The van der Waals surface area contributed by atoms with Gasteiger partial charge in [-0.2, -0.15) is 0 Å². The summed E-state index contributed by atoms with van der Waals surface area (Å²) in [7, 11) is 0. The van der Waals surface area contributed by atoms with Crippen LogP contribution in [0.2, 0.25) is 0 Å². The lowest BCUT2D eigenvalue weighted by Crippen LogP contribution is -2.04. The number of fused-ring (bicyclic) bond motifs is 2. The largest absolute Gasteiger partial charge is 0.453 e. The molecule has 4 aromatic rings. The van der Waals surface area contributed by atoms with E-state index in [1.807, 2.05) is 24.3 Å². The normalized spacial score (nSPS) is 11.3. The highest BCUT2D eigenvalue weighted by Crippen LogP contribution is 2.44. The van der Waals surface area contributed by atoms with E-state index in [4.69, 9.17) is 4.74 Å². The van der Waals surface area contributed by atoms with Crippen molar-refractivity contribution in [1.82, 2.24) is 0 Å². The molecule has 0 amide bonds. The van der Waals surface area contributed by atoms with E-state index in [-0.39, 0.29) is 11.4 Å². The zero-order chi connectivity index (χ0) is 23.7. The third-order valence-electron chi connectivity index (χ3n) is 5.14. The minimum absolute atomic E-state index is 0.00131. The second kappa shape index (κ2) is 8.43. The van der Waals surface area contributed by atoms with Crippen molar-refractivity contribution in [3.63, 3.8) is 0 Å². The molecule has 0 radical (unpaired) electrons. The first kappa shape index (κ1) is 20.8. The molecule has 1 aliphatic rings. The lowest BCUT2D eigenvalue weighted by atomic mass is 10.1. The molecule has 0 aromatic heterocycles. The quantitative estimate of drug-likeness (QED) is 0.187. The first-order valence-corrected chi connectivity index (χ1v) is 10.2. The van der Waals surface area contributed by atoms with Gasteiger partial charge >= 0.3 is 0 Å². The van der Waals surface area contributed by atoms with Crippen LogP contribution in [0.15, 0.2) is 84.9 Å². The number of nitrogens with one attached hydrogen (secondary N) is 3. The summed E-state index contributed by atoms with van der Waals surface area (Å²) in [4.78, 5) is 21.1. The van der Waals surface area contributed by atoms with Crippen LogP contribution in [0, 0.1) is 20.2 Å². The summed E-state index contributed by atoms with van der Waals surface area (Å²) in [5.41, 5.74) is 4.12. The van der Waals surface area contributed by atoms with E-state index < -0.39 is 9.85 Å². The molecule has 0 fully saturated rings. The van der Waals surface area contributed by atoms with Crippen LogP contribution >= 0.6 is 0 Å². The van der Waals surface area contributed by atoms with Gasteiger partial charge in [-0.25, -0.2) is 0 Å². The zero-order valence-electron chi connectivity index (χ0n) is 17.5. The fourth-order valence-electron chi connectivity index (χ4n) is 3.57. The molecule has 168 valence electrons. The molecule has 5 rings (SSSR count). The van der Waals surface area contributed by atoms with Crippen LogP contribution in [0.25, 0.3) is 0 Å². The number of non-ortho nitro benzene ring substituents is 2. The fraction of sp³-hybridized carbons (Fsp3) is 0. The van der Waals surface area contributed by atoms with Gasteiger partial charge in [0, 0.05) is 59.1 Å². The molecule has 3 N–H and O–H groups in total. The first-order valence-electron chi connectivity index (χ1n) is 10.2. The lowest BCUT2D eigenvalue weighted by Gasteiger charge is -2.23. The first-order chi connectivity index (χ1) is 16.4. The summed E-state index contributed by atoms with van der Waals surface area (Å²) in [5.74, 6) is 1.16. The van der Waals surface area contributed by atoms with Gasteiger partial charge in [-0.3, -0.25) is 20.2 Å². The van der Waals surface area contributed by atoms with Crippen LogP contribution in [0.1, 0.15) is 0 Å². The molecule has 0 saturated carbocycles. The maximum absolute atomic E-state index is 11.0. The summed E-state index contributed by atoms with van der Waals surface area (Å²) in [6.45, 7) is 0. The Kier molecular flexibility index (Phi) is 5.15. The molecule has 1 aliphatic heterocycles. The predicted octanol–water partition coefficient (Wildman–Crippen LogP) is 6.84. The number of hydrogen-bond donors (Lipinski definition) is 3. The van der Waals surface area contributed by atoms with Gasteiger partial charge in [0.25, 0.3) is 11.4 Å². The number of rotatable bonds is 6. The van der Waals surface area contributed by atoms with Crippen molar-refractivity contribution < 1.29 is 14.6 Å². The van der Waals surface area contributed by atoms with Crippen LogP contribution in [-0.4, -0.2) is 9.85 Å². The van der Waals surface area contributed by atoms with Gasteiger partial charge in [0.05, 0.1) is 21.2 Å². The summed E-state index contributed by atoms with van der Waals surface area (Å²) in [5, 5.41) is 31.7. The molecule has 0 unspecified atom stereocenters. The van der Waals surface area contributed by atoms with Crippen molar-refractivity contribution in [2.24, 2.45) is 0 Å². The Morgan fingerprint density at radius 1 is 0.618 bits per heavy atom. The monoisotopic (exact) mass is 455 g/mol. The molecule has 10 heteroatoms. The van der Waals surface area contributed by atoms with Crippen LogP contribution in [0.4, 0.5) is 45.5 Å². The Morgan fingerprint density at radius 2 is 1.06 bits per heavy atom. The number of anilines is 6. The number of nitro benzene ring substituents is 2. The Labute approximate surface area is 193 Å². The van der Waals surface area contributed by atoms with E-state index in [0.717, 1.165) is 11.4 Å². The third kappa shape index (κ3) is 4.28. The Hall–Kier alpha value is -5.12. The molecular formula is C24H17N5O5. The van der Waals surface area contributed by atoms with Gasteiger partial charge in [-0.15, -0.1) is 0 Å². The SMILES string of the molecule is O=[N+]([O-])c1cccc(Nc2ccc3c(c2)Oc2cc(Nc4cccc([N+](=O)[O-])c4)ccc2N3)c1. The van der Waals surface area contributed by atoms with Gasteiger partial charge in [-0.05, 0) is 36.4 Å². The van der Waals surface area contributed by atoms with Crippen molar-refractivity contribution >= 4 is 45.5 Å². The summed E-state index contributed by atoms with van der Waals surface area (Å²) in [6, 6.07) is 23.5. The molecule has 4 aromatic carbocycles. The number of ether oxygens (including phenoxy) is 1. The molecule has 34 heavy (non-hydrogen) atoms. The minimum Gasteiger partial charge on any atom is -0.453 e. The van der Waals surface area contributed by atoms with E-state index in [1.165, 1.54) is 24.3 Å². The molecule has 10 nitrogen and oxygen atoms in total. The maximum Gasteiger partial charge on any atom is 0.271 e. The second-order valence-electron chi connectivity index (χ2n) is 7.51. The van der Waals surface area contributed by atoms with Crippen molar-refractivity contribution in [3.8, 4) is 11.5 Å². The summed E-state index contributed by atoms with van der Waals surface area (Å²) in [6.07, 6.45) is 0. The number of hydrogen-bond acceptors (Lipinski definition) is 8. The van der Waals surface area contributed by atoms with Gasteiger partial charge in [-0.1, -0.05) is 12.1 Å². The number of nitrogens with zero attached hydrogens (tertiary/aromatic N) is 2. The number of benzene rings is 4. The highest BCUT2D eigenvalue weighted by Gasteiger charge is 2.18. The molecule has 1 heterocycles. The van der Waals surface area contributed by atoms with Gasteiger partial charge in [0.2, 0.25) is 0 Å². The van der Waals surface area contributed by atoms with Crippen molar-refractivity contribution in [1.29, 1.82) is 0 Å². The Morgan fingerprint density at radius 3 is 1.50 bits per heavy atom. The zero-order valence-corrected chi connectivity index (χ0v) is 17.5. The van der Waals surface area contributed by atoms with Gasteiger partial charge < -0.3 is 20.7 Å². The lowest BCUT2D eigenvalue weighted by molar-refractivity contribution is -0.385. The molecule has 0 bridgehead atoms. The van der Waals surface area contributed by atoms with Gasteiger partial charge in [0.15, 0.2) is 11.5 Å². The average molecular weight is 455 g/mol. The molecular weight excluding hydrogens is 438 g/mol. The minimum atomic E-state index is -0.443. The molecule has 0 saturated heterocycles. The summed E-state index contributed by atoms with van der Waals surface area (Å²) < 4.78 is 6.10. The Balaban J connectivity index is 1.36. The molecule has 0 spiro atoms. The van der Waals surface area contributed by atoms with Crippen LogP contribution in [0.3, 0.4) is 0 Å². The molecule has 0 aliphatic carbocycles. The van der Waals surface area contributed by atoms with Crippen LogP contribution in [-0.2, 0) is 0 Å². The van der Waals surface area contributed by atoms with E-state index >= 15 is 0 Å². The maximum atomic E-state index is 11.0. The van der Waals surface area contributed by atoms with Crippen LogP contribution in [0.5, 0.6) is 11.5 Å². The standard InChI is InChI=1S/C24H17N5O5/c30-28(31)19-5-1-3-15(11-19)25-17-7-9-21-23(13-17)34-24-14-18(8-10-22(24)27-21)26-16-4-2-6-20(12-16)29(32)33/h1-14,25-27H. The van der Waals surface area contributed by atoms with Crippen molar-refractivity contribution in [2.45, 2.75) is 0 Å². The predicted molar refractivity (Wildman–Crippen MR) is 129 cm³/mol. The van der Waals surface area contributed by atoms with Crippen molar-refractivity contribution in [2.75, 3.05) is 16.0 Å². The third-order valence-corrected chi connectivity index (χ3v) is 5.14. The van der Waals surface area contributed by atoms with E-state index in [9.17, 15) is 20.2 Å². The van der Waals surface area contributed by atoms with Crippen molar-refractivity contribution in [3.05, 3.63) is 105 Å². The number of nitro groups is 2. The van der Waals surface area contributed by atoms with E-state index in [1.54, 1.807) is 36.4 Å². The highest BCUT2D eigenvalue weighted by molar-refractivity contribution is 5.80. The van der Waals surface area contributed by atoms with E-state index in [2.05, 4.69) is 16.0 Å². The second-order valence-corrected chi connectivity index (χ2v) is 7.51. The Bertz CT molecular complexity index is 1330. The summed E-state index contributed by atoms with van der Waals surface area (Å²) >= 11 is 0. The average Bonchev–Trinajstić information content (AvgIpc) is 2.83. The fourth-order valence-corrected chi connectivity index (χ4v) is 3.57. The topological polar surface area (TPSA) is 132 Å². The highest BCUT2D eigenvalue weighted by atomic mass is 16.6. The van der Waals surface area contributed by atoms with E-state index in [0.29, 0.717) is 34.2 Å². The van der Waals surface area contributed by atoms with Gasteiger partial charge in [0.1, 0.15) is 0 Å². The molecule has 0 atom stereocenters. The smallest absolute Gasteiger partial charge is 0.271 e. The van der Waals surface area contributed by atoms with Crippen LogP contribution < -0.4 is 20.7 Å².